The van der Waals surface area contributed by atoms with E-state index in [-0.39, 0.29) is 10.8 Å². The largest absolute Gasteiger partial charge is 0.325 e. The fraction of sp³-hybridized carbons (Fsp3) is 0.150. The number of primary sulfonamides is 1. The standard InChI is InChI=1S/C20H19N5O3S2/c1-2-17(19(26)22-14-8-10-15(11-9-14)30(21,27)28)29-20-24-23-18-12-7-13-5-3-4-6-16(13)25(18)20/h3-12,17H,2H2,1H3,(H,22,26)(H2,21,27,28). The molecule has 4 rings (SSSR count). The van der Waals surface area contributed by atoms with E-state index >= 15 is 0 Å². The molecule has 0 aliphatic carbocycles. The molecule has 1 atom stereocenters. The maximum absolute atomic E-state index is 12.8. The van der Waals surface area contributed by atoms with Gasteiger partial charge in [0.05, 0.1) is 15.7 Å². The van der Waals surface area contributed by atoms with Crippen molar-refractivity contribution in [3.63, 3.8) is 0 Å². The fourth-order valence-corrected chi connectivity index (χ4v) is 4.58. The van der Waals surface area contributed by atoms with Crippen molar-refractivity contribution >= 4 is 49.9 Å². The molecule has 1 amide bonds. The van der Waals surface area contributed by atoms with Crippen molar-refractivity contribution in [2.75, 3.05) is 5.32 Å². The highest BCUT2D eigenvalue weighted by molar-refractivity contribution is 8.00. The Morgan fingerprint density at radius 1 is 1.10 bits per heavy atom. The summed E-state index contributed by atoms with van der Waals surface area (Å²) in [6.45, 7) is 1.92. The Bertz CT molecular complexity index is 1330. The molecule has 8 nitrogen and oxygen atoms in total. The van der Waals surface area contributed by atoms with E-state index in [9.17, 15) is 13.2 Å². The number of pyridine rings is 1. The van der Waals surface area contributed by atoms with Crippen LogP contribution in [0.5, 0.6) is 0 Å². The predicted molar refractivity (Wildman–Crippen MR) is 117 cm³/mol. The number of anilines is 1. The normalized spacial score (nSPS) is 12.9. The van der Waals surface area contributed by atoms with Crippen LogP contribution < -0.4 is 10.5 Å². The molecule has 2 aromatic carbocycles. The van der Waals surface area contributed by atoms with Crippen LogP contribution in [0.4, 0.5) is 5.69 Å². The number of fused-ring (bicyclic) bond motifs is 3. The number of nitrogens with one attached hydrogen (secondary N) is 1. The lowest BCUT2D eigenvalue weighted by Crippen LogP contribution is -2.25. The number of hydrogen-bond acceptors (Lipinski definition) is 6. The van der Waals surface area contributed by atoms with Gasteiger partial charge in [0.15, 0.2) is 10.8 Å². The van der Waals surface area contributed by atoms with Gasteiger partial charge >= 0.3 is 0 Å². The zero-order valence-electron chi connectivity index (χ0n) is 16.0. The number of nitrogens with zero attached hydrogens (tertiary/aromatic N) is 3. The Morgan fingerprint density at radius 2 is 1.83 bits per heavy atom. The Kier molecular flexibility index (Phi) is 5.46. The van der Waals surface area contributed by atoms with E-state index in [4.69, 9.17) is 5.14 Å². The summed E-state index contributed by atoms with van der Waals surface area (Å²) in [5, 5.41) is 17.7. The number of nitrogens with two attached hydrogens (primary N) is 1. The minimum atomic E-state index is -3.78. The molecule has 10 heteroatoms. The molecule has 2 aromatic heterocycles. The molecule has 3 N–H and O–H groups in total. The van der Waals surface area contributed by atoms with Gasteiger partial charge in [-0.2, -0.15) is 0 Å². The highest BCUT2D eigenvalue weighted by Crippen LogP contribution is 2.28. The number of benzene rings is 2. The van der Waals surface area contributed by atoms with Gasteiger partial charge in [0.25, 0.3) is 0 Å². The van der Waals surface area contributed by atoms with E-state index in [1.807, 2.05) is 47.7 Å². The maximum atomic E-state index is 12.8. The molecule has 0 aliphatic heterocycles. The second-order valence-electron chi connectivity index (χ2n) is 6.64. The lowest BCUT2D eigenvalue weighted by Gasteiger charge is -2.14. The predicted octanol–water partition coefficient (Wildman–Crippen LogP) is 3.04. The molecular formula is C20H19N5O3S2. The van der Waals surface area contributed by atoms with Gasteiger partial charge in [0.1, 0.15) is 0 Å². The summed E-state index contributed by atoms with van der Waals surface area (Å²) in [6.07, 6.45) is 0.575. The number of sulfonamides is 1. The van der Waals surface area contributed by atoms with Crippen LogP contribution in [0.2, 0.25) is 0 Å². The van der Waals surface area contributed by atoms with Crippen LogP contribution in [0, 0.1) is 0 Å². The van der Waals surface area contributed by atoms with Gasteiger partial charge in [0, 0.05) is 5.69 Å². The van der Waals surface area contributed by atoms with Crippen molar-refractivity contribution in [1.82, 2.24) is 14.6 Å². The number of hydrogen-bond donors (Lipinski definition) is 2. The number of carbonyl (C=O) groups excluding carboxylic acids is 1. The average Bonchev–Trinajstić information content (AvgIpc) is 3.15. The minimum absolute atomic E-state index is 0.0104. The van der Waals surface area contributed by atoms with E-state index < -0.39 is 15.3 Å². The highest BCUT2D eigenvalue weighted by atomic mass is 32.2. The zero-order valence-corrected chi connectivity index (χ0v) is 17.7. The third kappa shape index (κ3) is 4.02. The monoisotopic (exact) mass is 441 g/mol. The van der Waals surface area contributed by atoms with Crippen LogP contribution in [0.3, 0.4) is 0 Å². The van der Waals surface area contributed by atoms with E-state index in [0.717, 1.165) is 10.9 Å². The zero-order chi connectivity index (χ0) is 21.3. The third-order valence-corrected chi connectivity index (χ3v) is 6.85. The van der Waals surface area contributed by atoms with Gasteiger partial charge in [-0.3, -0.25) is 9.20 Å². The van der Waals surface area contributed by atoms with Gasteiger partial charge in [-0.05, 0) is 54.3 Å². The summed E-state index contributed by atoms with van der Waals surface area (Å²) < 4.78 is 24.7. The topological polar surface area (TPSA) is 119 Å². The maximum Gasteiger partial charge on any atom is 0.238 e. The molecule has 4 aromatic rings. The molecule has 2 heterocycles. The summed E-state index contributed by atoms with van der Waals surface area (Å²) in [5.74, 6) is -0.206. The van der Waals surface area contributed by atoms with Gasteiger partial charge < -0.3 is 5.32 Å². The number of amides is 1. The first-order valence-electron chi connectivity index (χ1n) is 9.20. The summed E-state index contributed by atoms with van der Waals surface area (Å²) in [5.41, 5.74) is 2.17. The van der Waals surface area contributed by atoms with Crippen molar-refractivity contribution in [1.29, 1.82) is 0 Å². The Balaban J connectivity index is 1.57. The summed E-state index contributed by atoms with van der Waals surface area (Å²) in [4.78, 5) is 12.8. The minimum Gasteiger partial charge on any atom is -0.325 e. The molecule has 0 saturated heterocycles. The first-order chi connectivity index (χ1) is 14.4. The van der Waals surface area contributed by atoms with Crippen LogP contribution in [0.1, 0.15) is 13.3 Å². The van der Waals surface area contributed by atoms with Crippen molar-refractivity contribution in [3.8, 4) is 0 Å². The molecule has 0 spiro atoms. The molecule has 1 unspecified atom stereocenters. The van der Waals surface area contributed by atoms with Crippen molar-refractivity contribution in [3.05, 3.63) is 60.7 Å². The summed E-state index contributed by atoms with van der Waals surface area (Å²) in [7, 11) is -3.78. The SMILES string of the molecule is CCC(Sc1nnc2ccc3ccccc3n12)C(=O)Nc1ccc(S(N)(=O)=O)cc1. The van der Waals surface area contributed by atoms with Crippen LogP contribution in [0.15, 0.2) is 70.7 Å². The number of aromatic nitrogens is 3. The quantitative estimate of drug-likeness (QED) is 0.444. The van der Waals surface area contributed by atoms with Crippen LogP contribution in [0.25, 0.3) is 16.6 Å². The van der Waals surface area contributed by atoms with E-state index in [0.29, 0.717) is 22.9 Å². The van der Waals surface area contributed by atoms with Crippen LogP contribution >= 0.6 is 11.8 Å². The lowest BCUT2D eigenvalue weighted by molar-refractivity contribution is -0.115. The molecule has 0 aliphatic rings. The summed E-state index contributed by atoms with van der Waals surface area (Å²) >= 11 is 1.34. The van der Waals surface area contributed by atoms with Gasteiger partial charge in [-0.25, -0.2) is 13.6 Å². The second kappa shape index (κ2) is 8.05. The third-order valence-electron chi connectivity index (χ3n) is 4.61. The average molecular weight is 442 g/mol. The second-order valence-corrected chi connectivity index (χ2v) is 9.37. The fourth-order valence-electron chi connectivity index (χ4n) is 3.09. The van der Waals surface area contributed by atoms with Crippen molar-refractivity contribution in [2.45, 2.75) is 28.6 Å². The molecule has 154 valence electrons. The molecule has 0 saturated carbocycles. The Hall–Kier alpha value is -2.95. The Labute approximate surface area is 177 Å². The lowest BCUT2D eigenvalue weighted by atomic mass is 10.2. The number of thioether (sulfide) groups is 1. The number of carbonyl (C=O) groups is 1. The smallest absolute Gasteiger partial charge is 0.238 e. The first-order valence-corrected chi connectivity index (χ1v) is 11.6. The highest BCUT2D eigenvalue weighted by Gasteiger charge is 2.22. The molecule has 0 fully saturated rings. The van der Waals surface area contributed by atoms with Crippen LogP contribution in [-0.2, 0) is 14.8 Å². The van der Waals surface area contributed by atoms with Gasteiger partial charge in [-0.1, -0.05) is 36.9 Å². The Morgan fingerprint density at radius 3 is 2.53 bits per heavy atom. The van der Waals surface area contributed by atoms with Crippen LogP contribution in [-0.4, -0.2) is 34.2 Å². The van der Waals surface area contributed by atoms with E-state index in [1.54, 1.807) is 0 Å². The van der Waals surface area contributed by atoms with Gasteiger partial charge in [0.2, 0.25) is 15.9 Å². The molecule has 0 bridgehead atoms. The van der Waals surface area contributed by atoms with Crippen molar-refractivity contribution < 1.29 is 13.2 Å². The van der Waals surface area contributed by atoms with E-state index in [2.05, 4.69) is 15.5 Å². The summed E-state index contributed by atoms with van der Waals surface area (Å²) in [6, 6.07) is 17.5. The van der Waals surface area contributed by atoms with E-state index in [1.165, 1.54) is 36.0 Å². The number of rotatable bonds is 6. The molecule has 0 radical (unpaired) electrons. The van der Waals surface area contributed by atoms with Gasteiger partial charge in [-0.15, -0.1) is 10.2 Å². The molecule has 30 heavy (non-hydrogen) atoms. The van der Waals surface area contributed by atoms with Crippen molar-refractivity contribution in [2.24, 2.45) is 5.14 Å². The number of para-hydroxylation sites is 1. The molecular weight excluding hydrogens is 422 g/mol. The first kappa shape index (κ1) is 20.3.